The molecule has 2 aromatic carbocycles. The van der Waals surface area contributed by atoms with Gasteiger partial charge in [-0.05, 0) is 62.1 Å². The van der Waals surface area contributed by atoms with Crippen molar-refractivity contribution in [2.75, 3.05) is 5.32 Å². The monoisotopic (exact) mass is 545 g/mol. The van der Waals surface area contributed by atoms with Crippen LogP contribution in [0.2, 0.25) is 5.02 Å². The van der Waals surface area contributed by atoms with Crippen LogP contribution in [-0.4, -0.2) is 41.5 Å². The van der Waals surface area contributed by atoms with Crippen LogP contribution in [0, 0.1) is 35.2 Å². The number of anilines is 1. The number of fused-ring (bicyclic) bond motifs is 2. The van der Waals surface area contributed by atoms with Gasteiger partial charge >= 0.3 is 0 Å². The van der Waals surface area contributed by atoms with Crippen LogP contribution in [0.5, 0.6) is 0 Å². The van der Waals surface area contributed by atoms with Gasteiger partial charge < -0.3 is 15.5 Å². The number of rotatable bonds is 6. The Morgan fingerprint density at radius 3 is 2.39 bits per heavy atom. The second kappa shape index (κ2) is 9.63. The number of amides is 1. The van der Waals surface area contributed by atoms with Crippen molar-refractivity contribution < 1.29 is 36.6 Å². The molecule has 196 valence electrons. The Bertz CT molecular complexity index is 1280. The summed E-state index contributed by atoms with van der Waals surface area (Å²) in [6, 6.07) is 4.83. The van der Waals surface area contributed by atoms with Crippen molar-refractivity contribution >= 4 is 33.0 Å². The van der Waals surface area contributed by atoms with E-state index in [0.29, 0.717) is 18.6 Å². The molecular formula is C25H27ClF3NO5S. The van der Waals surface area contributed by atoms with Crippen LogP contribution in [-0.2, 0) is 9.84 Å². The molecule has 6 nitrogen and oxygen atoms in total. The molecule has 2 bridgehead atoms. The Morgan fingerprint density at radius 2 is 1.81 bits per heavy atom. The fourth-order valence-electron chi connectivity index (χ4n) is 5.96. The number of aliphatic hydroxyl groups excluding tert-OH is 1. The summed E-state index contributed by atoms with van der Waals surface area (Å²) in [7, 11) is -4.02. The second-order valence-electron chi connectivity index (χ2n) is 10.1. The maximum Gasteiger partial charge on any atom is 0.255 e. The zero-order valence-electron chi connectivity index (χ0n) is 19.6. The maximum atomic E-state index is 13.6. The smallest absolute Gasteiger partial charge is 0.255 e. The van der Waals surface area contributed by atoms with Crippen molar-refractivity contribution in [3.8, 4) is 0 Å². The molecule has 0 spiro atoms. The van der Waals surface area contributed by atoms with Crippen molar-refractivity contribution in [3.05, 3.63) is 58.4 Å². The largest absolute Gasteiger partial charge is 0.393 e. The van der Waals surface area contributed by atoms with Crippen LogP contribution in [0.15, 0.2) is 35.2 Å². The number of sulfone groups is 1. The third-order valence-corrected chi connectivity index (χ3v) is 10.2. The number of carbonyl (C=O) groups is 1. The summed E-state index contributed by atoms with van der Waals surface area (Å²) < 4.78 is 67.5. The number of nitrogens with one attached hydrogen (secondary N) is 1. The first-order valence-electron chi connectivity index (χ1n) is 11.6. The van der Waals surface area contributed by atoms with Gasteiger partial charge in [-0.3, -0.25) is 4.79 Å². The van der Waals surface area contributed by atoms with Crippen molar-refractivity contribution in [1.82, 2.24) is 0 Å². The van der Waals surface area contributed by atoms with Gasteiger partial charge in [-0.1, -0.05) is 18.5 Å². The fourth-order valence-corrected chi connectivity index (χ4v) is 8.34. The highest BCUT2D eigenvalue weighted by Crippen LogP contribution is 2.56. The quantitative estimate of drug-likeness (QED) is 0.456. The van der Waals surface area contributed by atoms with E-state index in [1.54, 1.807) is 6.92 Å². The first-order chi connectivity index (χ1) is 16.7. The van der Waals surface area contributed by atoms with E-state index in [1.165, 1.54) is 12.1 Å². The molecule has 4 rings (SSSR count). The molecule has 0 aromatic heterocycles. The summed E-state index contributed by atoms with van der Waals surface area (Å²) >= 11 is 6.23. The van der Waals surface area contributed by atoms with Crippen LogP contribution < -0.4 is 5.32 Å². The molecule has 0 heterocycles. The van der Waals surface area contributed by atoms with E-state index in [0.717, 1.165) is 6.07 Å². The predicted octanol–water partition coefficient (Wildman–Crippen LogP) is 4.72. The lowest BCUT2D eigenvalue weighted by molar-refractivity contribution is -0.0904. The molecule has 0 aliphatic heterocycles. The topological polar surface area (TPSA) is 104 Å². The number of carbonyl (C=O) groups excluding carboxylic acids is 1. The number of hydrogen-bond donors (Lipinski definition) is 3. The average Bonchev–Trinajstić information content (AvgIpc) is 2.90. The lowest BCUT2D eigenvalue weighted by atomic mass is 9.70. The maximum absolute atomic E-state index is 13.6. The van der Waals surface area contributed by atoms with Gasteiger partial charge in [0.25, 0.3) is 5.91 Å². The van der Waals surface area contributed by atoms with Crippen LogP contribution in [0.4, 0.5) is 18.9 Å². The second-order valence-corrected chi connectivity index (χ2v) is 12.7. The number of hydrogen-bond acceptors (Lipinski definition) is 5. The van der Waals surface area contributed by atoms with Gasteiger partial charge in [0, 0.05) is 29.8 Å². The first-order valence-corrected chi connectivity index (χ1v) is 13.6. The normalized spacial score (nSPS) is 28.7. The Labute approximate surface area is 212 Å². The highest BCUT2D eigenvalue weighted by Gasteiger charge is 2.58. The molecule has 11 heteroatoms. The Hall–Kier alpha value is -2.14. The molecule has 1 amide bonds. The standard InChI is InChI=1S/C25H27ClF3NO5S/c1-12-5-15-7-17(10-18(12)25(15,33)11-13(2)31)36(34,35)22-6-14(3-4-19(22)26)24(32)30-16-8-20(27)23(29)21(28)9-16/h3-4,6,8-9,12-13,15,17-18,31,33H,5,7,10-11H2,1-2H3,(H,30,32)/t12-,13?,15?,17+,18+,25+/m0/s1. The number of aliphatic hydroxyl groups is 2. The molecule has 0 radical (unpaired) electrons. The summed E-state index contributed by atoms with van der Waals surface area (Å²) in [4.78, 5) is 12.4. The summed E-state index contributed by atoms with van der Waals surface area (Å²) in [6.45, 7) is 3.56. The molecule has 36 heavy (non-hydrogen) atoms. The van der Waals surface area contributed by atoms with Crippen LogP contribution >= 0.6 is 11.6 Å². The van der Waals surface area contributed by atoms with Gasteiger partial charge in [-0.2, -0.15) is 0 Å². The van der Waals surface area contributed by atoms with E-state index >= 15 is 0 Å². The Kier molecular flexibility index (Phi) is 7.20. The fraction of sp³-hybridized carbons (Fsp3) is 0.480. The Morgan fingerprint density at radius 1 is 1.17 bits per heavy atom. The minimum atomic E-state index is -4.02. The summed E-state index contributed by atoms with van der Waals surface area (Å²) in [5.74, 6) is -6.07. The van der Waals surface area contributed by atoms with E-state index in [-0.39, 0.29) is 58.2 Å². The van der Waals surface area contributed by atoms with E-state index in [4.69, 9.17) is 11.6 Å². The molecule has 6 atom stereocenters. The van der Waals surface area contributed by atoms with E-state index in [2.05, 4.69) is 5.32 Å². The molecule has 3 N–H and O–H groups in total. The molecule has 2 fully saturated rings. The van der Waals surface area contributed by atoms with Gasteiger partial charge in [0.05, 0.1) is 26.9 Å². The first kappa shape index (κ1) is 26.9. The number of benzene rings is 2. The highest BCUT2D eigenvalue weighted by molar-refractivity contribution is 7.92. The minimum Gasteiger partial charge on any atom is -0.393 e. The predicted molar refractivity (Wildman–Crippen MR) is 128 cm³/mol. The summed E-state index contributed by atoms with van der Waals surface area (Å²) in [5, 5.41) is 22.5. The van der Waals surface area contributed by atoms with Crippen molar-refractivity contribution in [1.29, 1.82) is 0 Å². The molecule has 2 aliphatic rings. The zero-order valence-corrected chi connectivity index (χ0v) is 21.2. The van der Waals surface area contributed by atoms with Gasteiger partial charge in [0.1, 0.15) is 0 Å². The highest BCUT2D eigenvalue weighted by atomic mass is 35.5. The Balaban J connectivity index is 1.60. The summed E-state index contributed by atoms with van der Waals surface area (Å²) in [6.07, 6.45) is 0.449. The van der Waals surface area contributed by atoms with Gasteiger partial charge in [0.2, 0.25) is 0 Å². The lowest BCUT2D eigenvalue weighted by Crippen LogP contribution is -2.50. The molecule has 2 aromatic rings. The van der Waals surface area contributed by atoms with Gasteiger partial charge in [-0.15, -0.1) is 0 Å². The summed E-state index contributed by atoms with van der Waals surface area (Å²) in [5.41, 5.74) is -1.61. The molecule has 2 aliphatic carbocycles. The van der Waals surface area contributed by atoms with Gasteiger partial charge in [-0.25, -0.2) is 21.6 Å². The van der Waals surface area contributed by atoms with Crippen molar-refractivity contribution in [2.24, 2.45) is 17.8 Å². The van der Waals surface area contributed by atoms with E-state index in [1.807, 2.05) is 6.92 Å². The number of halogens is 4. The van der Waals surface area contributed by atoms with E-state index in [9.17, 15) is 36.6 Å². The molecular weight excluding hydrogens is 519 g/mol. The molecule has 2 unspecified atom stereocenters. The average molecular weight is 546 g/mol. The van der Waals surface area contributed by atoms with Crippen molar-refractivity contribution in [2.45, 2.75) is 61.4 Å². The minimum absolute atomic E-state index is 0.0723. The van der Waals surface area contributed by atoms with Crippen molar-refractivity contribution in [3.63, 3.8) is 0 Å². The third kappa shape index (κ3) is 4.76. The molecule has 0 saturated heterocycles. The lowest BCUT2D eigenvalue weighted by Gasteiger charge is -2.44. The zero-order chi connectivity index (χ0) is 26.6. The van der Waals surface area contributed by atoms with Crippen LogP contribution in [0.25, 0.3) is 0 Å². The van der Waals surface area contributed by atoms with Gasteiger partial charge in [0.15, 0.2) is 27.3 Å². The van der Waals surface area contributed by atoms with E-state index < -0.39 is 50.2 Å². The molecule has 2 saturated carbocycles. The van der Waals surface area contributed by atoms with Crippen LogP contribution in [0.1, 0.15) is 49.9 Å². The third-order valence-electron chi connectivity index (χ3n) is 7.56. The SMILES string of the molecule is CC(O)C[C@@]1(O)C2C[C@@H](S(=O)(=O)c3cc(C(=O)Nc4cc(F)c(F)c(F)c4)ccc3Cl)C[C@@H]1[C@@H](C)C2. The van der Waals surface area contributed by atoms with Crippen LogP contribution in [0.3, 0.4) is 0 Å².